The Morgan fingerprint density at radius 1 is 1.09 bits per heavy atom. The fourth-order valence-corrected chi connectivity index (χ4v) is 7.38. The van der Waals surface area contributed by atoms with Gasteiger partial charge in [-0.05, 0) is 86.9 Å². The summed E-state index contributed by atoms with van der Waals surface area (Å²) in [6.07, 6.45) is 11.4. The van der Waals surface area contributed by atoms with E-state index in [0.717, 1.165) is 37.0 Å². The molecule has 3 saturated carbocycles. The molecule has 2 nitrogen and oxygen atoms in total. The molecule has 0 amide bonds. The van der Waals surface area contributed by atoms with Gasteiger partial charge in [0, 0.05) is 5.92 Å². The predicted molar refractivity (Wildman–Crippen MR) is 91.9 cm³/mol. The number of carbonyl (C=O) groups is 1. The van der Waals surface area contributed by atoms with E-state index in [-0.39, 0.29) is 11.5 Å². The maximum atomic E-state index is 12.2. The third-order valence-corrected chi connectivity index (χ3v) is 8.58. The summed E-state index contributed by atoms with van der Waals surface area (Å²) in [6.45, 7) is 6.71. The van der Waals surface area contributed by atoms with Crippen molar-refractivity contribution in [3.05, 3.63) is 11.6 Å². The smallest absolute Gasteiger partial charge is 0.133 e. The predicted octanol–water partition coefficient (Wildman–Crippen LogP) is 4.52. The second kappa shape index (κ2) is 5.18. The Labute approximate surface area is 140 Å². The Morgan fingerprint density at radius 2 is 1.87 bits per heavy atom. The molecule has 3 fully saturated rings. The van der Waals surface area contributed by atoms with Crippen molar-refractivity contribution in [2.45, 2.75) is 78.2 Å². The largest absolute Gasteiger partial charge is 0.389 e. The van der Waals surface area contributed by atoms with E-state index in [1.165, 1.54) is 32.1 Å². The monoisotopic (exact) mass is 316 g/mol. The third kappa shape index (κ3) is 2.13. The van der Waals surface area contributed by atoms with Crippen molar-refractivity contribution in [2.24, 2.45) is 34.5 Å². The molecular weight excluding hydrogens is 284 g/mol. The second-order valence-corrected chi connectivity index (χ2v) is 9.42. The van der Waals surface area contributed by atoms with Gasteiger partial charge in [-0.1, -0.05) is 25.5 Å². The first kappa shape index (κ1) is 15.9. The van der Waals surface area contributed by atoms with Crippen molar-refractivity contribution in [3.8, 4) is 0 Å². The van der Waals surface area contributed by atoms with Crippen LogP contribution in [-0.4, -0.2) is 17.0 Å². The van der Waals surface area contributed by atoms with Gasteiger partial charge in [0.05, 0.1) is 6.10 Å². The van der Waals surface area contributed by atoms with Crippen molar-refractivity contribution in [3.63, 3.8) is 0 Å². The van der Waals surface area contributed by atoms with Crippen LogP contribution in [0.3, 0.4) is 0 Å². The number of hydrogen-bond acceptors (Lipinski definition) is 2. The molecule has 0 heterocycles. The van der Waals surface area contributed by atoms with E-state index in [0.29, 0.717) is 17.1 Å². The van der Waals surface area contributed by atoms with Crippen LogP contribution in [0.15, 0.2) is 11.6 Å². The number of allylic oxidation sites excluding steroid dienone is 1. The topological polar surface area (TPSA) is 37.3 Å². The summed E-state index contributed by atoms with van der Waals surface area (Å²) < 4.78 is 0. The number of hydrogen-bond donors (Lipinski definition) is 1. The molecule has 0 aromatic heterocycles. The minimum absolute atomic E-state index is 0.211. The van der Waals surface area contributed by atoms with E-state index < -0.39 is 0 Å². The van der Waals surface area contributed by atoms with Crippen LogP contribution in [0.5, 0.6) is 0 Å². The van der Waals surface area contributed by atoms with Gasteiger partial charge >= 0.3 is 0 Å². The van der Waals surface area contributed by atoms with E-state index in [1.54, 1.807) is 5.57 Å². The Morgan fingerprint density at radius 3 is 2.61 bits per heavy atom. The lowest BCUT2D eigenvalue weighted by molar-refractivity contribution is -0.127. The van der Waals surface area contributed by atoms with Crippen molar-refractivity contribution in [2.75, 3.05) is 0 Å². The number of aliphatic hydroxyl groups excluding tert-OH is 1. The highest BCUT2D eigenvalue weighted by Gasteiger charge is 2.59. The maximum Gasteiger partial charge on any atom is 0.133 e. The van der Waals surface area contributed by atoms with Crippen molar-refractivity contribution in [1.82, 2.24) is 0 Å². The van der Waals surface area contributed by atoms with Crippen molar-refractivity contribution >= 4 is 5.78 Å². The van der Waals surface area contributed by atoms with E-state index in [4.69, 9.17) is 0 Å². The molecule has 0 bridgehead atoms. The number of ketones is 1. The maximum absolute atomic E-state index is 12.2. The fourth-order valence-electron chi connectivity index (χ4n) is 7.38. The highest BCUT2D eigenvalue weighted by molar-refractivity contribution is 5.79. The average Bonchev–Trinajstić information content (AvgIpc) is 2.85. The lowest BCUT2D eigenvalue weighted by Gasteiger charge is -2.58. The molecular formula is C21H32O2. The molecule has 0 aromatic carbocycles. The summed E-state index contributed by atoms with van der Waals surface area (Å²) in [5.74, 6) is 3.07. The summed E-state index contributed by atoms with van der Waals surface area (Å²) in [7, 11) is 0. The fraction of sp³-hybridized carbons (Fsp3) is 0.857. The zero-order chi connectivity index (χ0) is 16.4. The van der Waals surface area contributed by atoms with Crippen LogP contribution in [0.25, 0.3) is 0 Å². The van der Waals surface area contributed by atoms with Crippen LogP contribution in [-0.2, 0) is 4.79 Å². The molecule has 0 aliphatic heterocycles. The lowest BCUT2D eigenvalue weighted by Crippen LogP contribution is -2.51. The molecule has 7 atom stereocenters. The quantitative estimate of drug-likeness (QED) is 0.722. The number of carbonyl (C=O) groups excluding carboxylic acids is 1. The molecule has 4 aliphatic rings. The molecule has 4 aliphatic carbocycles. The summed E-state index contributed by atoms with van der Waals surface area (Å²) in [5.41, 5.74) is 2.12. The van der Waals surface area contributed by atoms with Gasteiger partial charge < -0.3 is 5.11 Å². The minimum atomic E-state index is -0.211. The van der Waals surface area contributed by atoms with Gasteiger partial charge in [-0.25, -0.2) is 0 Å². The van der Waals surface area contributed by atoms with Gasteiger partial charge in [0.15, 0.2) is 0 Å². The third-order valence-electron chi connectivity index (χ3n) is 8.58. The highest BCUT2D eigenvalue weighted by Crippen LogP contribution is 2.66. The average molecular weight is 316 g/mol. The number of fused-ring (bicyclic) bond motifs is 5. The molecule has 0 saturated heterocycles. The Balaban J connectivity index is 1.66. The van der Waals surface area contributed by atoms with Gasteiger partial charge in [-0.2, -0.15) is 0 Å². The van der Waals surface area contributed by atoms with E-state index in [1.807, 2.05) is 6.92 Å². The molecule has 23 heavy (non-hydrogen) atoms. The summed E-state index contributed by atoms with van der Waals surface area (Å²) in [6, 6.07) is 0. The molecule has 0 aromatic rings. The first-order chi connectivity index (χ1) is 10.9. The van der Waals surface area contributed by atoms with Crippen molar-refractivity contribution < 1.29 is 9.90 Å². The number of aliphatic hydroxyl groups is 1. The standard InChI is InChI=1S/C21H32O2/c1-13(22)17-6-7-18-16-5-4-14-12-15(23)8-10-20(14,2)19(16)9-11-21(17,18)3/h12,15-19,23H,4-11H2,1-3H3/t15?,16-,17+,18-,19+,20+,21+/m0/s1. The van der Waals surface area contributed by atoms with Crippen LogP contribution in [0.2, 0.25) is 0 Å². The Bertz CT molecular complexity index is 550. The van der Waals surface area contributed by atoms with Crippen LogP contribution >= 0.6 is 0 Å². The molecule has 1 N–H and O–H groups in total. The number of Topliss-reactive ketones (excluding diaryl/α,β-unsaturated/α-hetero) is 1. The van der Waals surface area contributed by atoms with Gasteiger partial charge in [0.1, 0.15) is 5.78 Å². The number of rotatable bonds is 1. The minimum Gasteiger partial charge on any atom is -0.389 e. The zero-order valence-electron chi connectivity index (χ0n) is 15.0. The molecule has 4 rings (SSSR count). The van der Waals surface area contributed by atoms with Gasteiger partial charge in [0.25, 0.3) is 0 Å². The van der Waals surface area contributed by atoms with Crippen LogP contribution in [0, 0.1) is 34.5 Å². The van der Waals surface area contributed by atoms with Gasteiger partial charge in [-0.3, -0.25) is 4.79 Å². The second-order valence-electron chi connectivity index (χ2n) is 9.42. The van der Waals surface area contributed by atoms with Gasteiger partial charge in [0.2, 0.25) is 0 Å². The van der Waals surface area contributed by atoms with E-state index >= 15 is 0 Å². The molecule has 2 heteroatoms. The highest BCUT2D eigenvalue weighted by atomic mass is 16.3. The Hall–Kier alpha value is -0.630. The summed E-state index contributed by atoms with van der Waals surface area (Å²) in [5, 5.41) is 10.0. The lowest BCUT2D eigenvalue weighted by atomic mass is 9.46. The first-order valence-electron chi connectivity index (χ1n) is 9.76. The van der Waals surface area contributed by atoms with Crippen LogP contribution in [0.1, 0.15) is 72.1 Å². The van der Waals surface area contributed by atoms with Crippen molar-refractivity contribution in [1.29, 1.82) is 0 Å². The molecule has 128 valence electrons. The first-order valence-corrected chi connectivity index (χ1v) is 9.76. The zero-order valence-corrected chi connectivity index (χ0v) is 15.0. The van der Waals surface area contributed by atoms with E-state index in [2.05, 4.69) is 19.9 Å². The molecule has 0 spiro atoms. The summed E-state index contributed by atoms with van der Waals surface area (Å²) in [4.78, 5) is 12.2. The summed E-state index contributed by atoms with van der Waals surface area (Å²) >= 11 is 0. The van der Waals surface area contributed by atoms with Crippen LogP contribution < -0.4 is 0 Å². The van der Waals surface area contributed by atoms with Crippen LogP contribution in [0.4, 0.5) is 0 Å². The van der Waals surface area contributed by atoms with E-state index in [9.17, 15) is 9.90 Å². The normalized spacial score (nSPS) is 52.2. The van der Waals surface area contributed by atoms with Gasteiger partial charge in [-0.15, -0.1) is 0 Å². The molecule has 1 unspecified atom stereocenters. The Kier molecular flexibility index (Phi) is 3.58. The SMILES string of the molecule is CC(=O)[C@H]1CC[C@H]2[C@@H]3CCC4=CC(O)CC[C@@]4(C)[C@@H]3CC[C@]12C. The molecule has 0 radical (unpaired) electrons.